The fraction of sp³-hybridized carbons (Fsp3) is 0.250. The van der Waals surface area contributed by atoms with Crippen LogP contribution in [0.5, 0.6) is 5.75 Å². The summed E-state index contributed by atoms with van der Waals surface area (Å²) in [4.78, 5) is 0. The average molecular weight is 258 g/mol. The largest absolute Gasteiger partial charge is 0.469 e. The second kappa shape index (κ2) is 6.56. The molecular formula is C16H19OP. The van der Waals surface area contributed by atoms with E-state index in [9.17, 15) is 0 Å². The zero-order valence-corrected chi connectivity index (χ0v) is 11.8. The summed E-state index contributed by atoms with van der Waals surface area (Å²) in [6.07, 6.45) is 1.09. The molecule has 18 heavy (non-hydrogen) atoms. The lowest BCUT2D eigenvalue weighted by Crippen LogP contribution is -2.10. The van der Waals surface area contributed by atoms with Crippen LogP contribution in [-0.2, 0) is 0 Å². The maximum Gasteiger partial charge on any atom is 0.123 e. The second-order valence-corrected chi connectivity index (χ2v) is 6.52. The van der Waals surface area contributed by atoms with Gasteiger partial charge in [-0.1, -0.05) is 62.4 Å². The number of rotatable bonds is 5. The molecule has 0 aliphatic heterocycles. The van der Waals surface area contributed by atoms with Crippen LogP contribution in [-0.4, -0.2) is 6.16 Å². The monoisotopic (exact) mass is 258 g/mol. The van der Waals surface area contributed by atoms with Crippen LogP contribution in [0.1, 0.15) is 13.8 Å². The van der Waals surface area contributed by atoms with Crippen molar-refractivity contribution in [3.05, 3.63) is 60.7 Å². The minimum absolute atomic E-state index is 0.572. The summed E-state index contributed by atoms with van der Waals surface area (Å²) in [5.74, 6) is 1.60. The Labute approximate surface area is 111 Å². The van der Waals surface area contributed by atoms with E-state index in [0.717, 1.165) is 11.9 Å². The van der Waals surface area contributed by atoms with Crippen molar-refractivity contribution in [2.75, 3.05) is 6.16 Å². The molecule has 2 rings (SSSR count). The van der Waals surface area contributed by atoms with Crippen LogP contribution >= 0.6 is 8.15 Å². The molecule has 2 heteroatoms. The normalized spacial score (nSPS) is 12.4. The lowest BCUT2D eigenvalue weighted by Gasteiger charge is -2.20. The Kier molecular flexibility index (Phi) is 4.78. The highest BCUT2D eigenvalue weighted by atomic mass is 31.1. The van der Waals surface area contributed by atoms with E-state index in [2.05, 4.69) is 44.2 Å². The van der Waals surface area contributed by atoms with Gasteiger partial charge in [-0.2, -0.15) is 0 Å². The first-order chi connectivity index (χ1) is 8.75. The molecule has 2 aromatic carbocycles. The van der Waals surface area contributed by atoms with Gasteiger partial charge in [-0.15, -0.1) is 0 Å². The highest BCUT2D eigenvalue weighted by molar-refractivity contribution is 7.61. The van der Waals surface area contributed by atoms with Crippen molar-refractivity contribution < 1.29 is 4.52 Å². The van der Waals surface area contributed by atoms with Crippen LogP contribution in [0.15, 0.2) is 60.7 Å². The van der Waals surface area contributed by atoms with Gasteiger partial charge in [-0.3, -0.25) is 0 Å². The first-order valence-electron chi connectivity index (χ1n) is 6.31. The summed E-state index contributed by atoms with van der Waals surface area (Å²) in [6, 6.07) is 20.6. The highest BCUT2D eigenvalue weighted by Crippen LogP contribution is 2.38. The Morgan fingerprint density at radius 2 is 1.44 bits per heavy atom. The first-order valence-corrected chi connectivity index (χ1v) is 7.76. The molecule has 0 saturated carbocycles. The van der Waals surface area contributed by atoms with Gasteiger partial charge in [0.25, 0.3) is 0 Å². The number of benzene rings is 2. The van der Waals surface area contributed by atoms with Gasteiger partial charge in [0.1, 0.15) is 13.9 Å². The van der Waals surface area contributed by atoms with Gasteiger partial charge in [0.2, 0.25) is 0 Å². The van der Waals surface area contributed by atoms with E-state index in [4.69, 9.17) is 4.52 Å². The molecule has 2 aromatic rings. The predicted octanol–water partition coefficient (Wildman–Crippen LogP) is 4.44. The van der Waals surface area contributed by atoms with Gasteiger partial charge >= 0.3 is 0 Å². The molecule has 0 amide bonds. The van der Waals surface area contributed by atoms with Gasteiger partial charge in [0, 0.05) is 11.5 Å². The summed E-state index contributed by atoms with van der Waals surface area (Å²) in [6.45, 7) is 4.49. The van der Waals surface area contributed by atoms with E-state index in [0.29, 0.717) is 5.92 Å². The highest BCUT2D eigenvalue weighted by Gasteiger charge is 2.15. The number of hydrogen-bond acceptors (Lipinski definition) is 1. The van der Waals surface area contributed by atoms with E-state index < -0.39 is 8.15 Å². The summed E-state index contributed by atoms with van der Waals surface area (Å²) < 4.78 is 6.18. The lowest BCUT2D eigenvalue weighted by molar-refractivity contribution is 0.605. The van der Waals surface area contributed by atoms with Crippen LogP contribution < -0.4 is 9.83 Å². The molecule has 0 fully saturated rings. The molecule has 0 saturated heterocycles. The fourth-order valence-corrected chi connectivity index (χ4v) is 3.66. The van der Waals surface area contributed by atoms with Crippen molar-refractivity contribution in [3.8, 4) is 5.75 Å². The summed E-state index contributed by atoms with van der Waals surface area (Å²) >= 11 is 0. The van der Waals surface area contributed by atoms with Crippen LogP contribution in [0.3, 0.4) is 0 Å². The van der Waals surface area contributed by atoms with Gasteiger partial charge in [-0.25, -0.2) is 0 Å². The molecule has 0 aromatic heterocycles. The molecule has 94 valence electrons. The second-order valence-electron chi connectivity index (χ2n) is 4.69. The molecular weight excluding hydrogens is 239 g/mol. The standard InChI is InChI=1S/C16H19OP/c1-14(2)13-18(16-11-7-4-8-12-16)17-15-9-5-3-6-10-15/h3-12,14H,13H2,1-2H3. The van der Waals surface area contributed by atoms with Gasteiger partial charge in [0.15, 0.2) is 0 Å². The smallest absolute Gasteiger partial charge is 0.123 e. The molecule has 0 N–H and O–H groups in total. The Hall–Kier alpha value is -1.33. The van der Waals surface area contributed by atoms with Gasteiger partial charge in [-0.05, 0) is 18.1 Å². The van der Waals surface area contributed by atoms with Crippen LogP contribution in [0.4, 0.5) is 0 Å². The Morgan fingerprint density at radius 1 is 0.889 bits per heavy atom. The first kappa shape index (κ1) is 13.1. The molecule has 0 spiro atoms. The maximum atomic E-state index is 6.18. The quantitative estimate of drug-likeness (QED) is 0.720. The van der Waals surface area contributed by atoms with Crippen molar-refractivity contribution in [1.82, 2.24) is 0 Å². The van der Waals surface area contributed by atoms with E-state index in [1.165, 1.54) is 5.30 Å². The SMILES string of the molecule is CC(C)CP(Oc1ccccc1)c1ccccc1. The third kappa shape index (κ3) is 3.85. The van der Waals surface area contributed by atoms with E-state index >= 15 is 0 Å². The minimum Gasteiger partial charge on any atom is -0.469 e. The molecule has 1 unspecified atom stereocenters. The topological polar surface area (TPSA) is 9.23 Å². The average Bonchev–Trinajstić information content (AvgIpc) is 2.40. The molecule has 0 heterocycles. The summed E-state index contributed by atoms with van der Waals surface area (Å²) in [5.41, 5.74) is 0. The van der Waals surface area contributed by atoms with Crippen molar-refractivity contribution in [1.29, 1.82) is 0 Å². The number of para-hydroxylation sites is 1. The fourth-order valence-electron chi connectivity index (χ4n) is 1.73. The van der Waals surface area contributed by atoms with Crippen molar-refractivity contribution in [2.45, 2.75) is 13.8 Å². The third-order valence-corrected chi connectivity index (χ3v) is 4.90. The summed E-state index contributed by atoms with van der Waals surface area (Å²) in [5, 5.41) is 1.31. The predicted molar refractivity (Wildman–Crippen MR) is 79.8 cm³/mol. The number of hydrogen-bond donors (Lipinski definition) is 0. The van der Waals surface area contributed by atoms with Gasteiger partial charge < -0.3 is 4.52 Å². The van der Waals surface area contributed by atoms with E-state index in [1.54, 1.807) is 0 Å². The van der Waals surface area contributed by atoms with Crippen LogP contribution in [0.25, 0.3) is 0 Å². The van der Waals surface area contributed by atoms with Crippen LogP contribution in [0, 0.1) is 5.92 Å². The minimum atomic E-state index is -0.572. The molecule has 1 atom stereocenters. The molecule has 0 aliphatic carbocycles. The molecule has 0 aliphatic rings. The van der Waals surface area contributed by atoms with Crippen molar-refractivity contribution in [3.63, 3.8) is 0 Å². The van der Waals surface area contributed by atoms with E-state index in [-0.39, 0.29) is 0 Å². The van der Waals surface area contributed by atoms with Gasteiger partial charge in [0.05, 0.1) is 0 Å². The lowest BCUT2D eigenvalue weighted by atomic mass is 10.3. The van der Waals surface area contributed by atoms with Crippen molar-refractivity contribution in [2.24, 2.45) is 5.92 Å². The Morgan fingerprint density at radius 3 is 2.00 bits per heavy atom. The maximum absolute atomic E-state index is 6.18. The Balaban J connectivity index is 2.16. The van der Waals surface area contributed by atoms with Crippen molar-refractivity contribution >= 4 is 13.5 Å². The van der Waals surface area contributed by atoms with Crippen LogP contribution in [0.2, 0.25) is 0 Å². The zero-order chi connectivity index (χ0) is 12.8. The molecule has 1 nitrogen and oxygen atoms in total. The summed E-state index contributed by atoms with van der Waals surface area (Å²) in [7, 11) is -0.572. The molecule has 0 radical (unpaired) electrons. The zero-order valence-electron chi connectivity index (χ0n) is 10.9. The van der Waals surface area contributed by atoms with E-state index in [1.807, 2.05) is 30.3 Å². The third-order valence-electron chi connectivity index (χ3n) is 2.53. The molecule has 0 bridgehead atoms. The Bertz CT molecular complexity index is 453.